The number of carbonyl (C=O) groups excluding carboxylic acids is 5. The van der Waals surface area contributed by atoms with Crippen molar-refractivity contribution in [3.63, 3.8) is 0 Å². The first-order chi connectivity index (χ1) is 27.5. The minimum atomic E-state index is -1.24. The number of hydrogen-bond donors (Lipinski definition) is 6. The van der Waals surface area contributed by atoms with Crippen LogP contribution in [-0.4, -0.2) is 105 Å². The van der Waals surface area contributed by atoms with Crippen molar-refractivity contribution in [3.8, 4) is 0 Å². The zero-order chi connectivity index (χ0) is 41.4. The first-order valence-electron chi connectivity index (χ1n) is 19.1. The number of carboxylic acids is 1. The molecule has 0 spiro atoms. The average molecular weight is 805 g/mol. The van der Waals surface area contributed by atoms with Crippen LogP contribution in [0.5, 0.6) is 0 Å². The summed E-state index contributed by atoms with van der Waals surface area (Å²) < 4.78 is 0. The van der Waals surface area contributed by atoms with Gasteiger partial charge in [0, 0.05) is 31.9 Å². The molecular formula is C41H56N8O7S. The molecule has 5 amide bonds. The van der Waals surface area contributed by atoms with E-state index in [4.69, 9.17) is 0 Å². The van der Waals surface area contributed by atoms with Gasteiger partial charge in [-0.3, -0.25) is 43.6 Å². The number of nitrogens with zero attached hydrogens (tertiary/aromatic N) is 3. The number of hydrogen-bond acceptors (Lipinski definition) is 10. The van der Waals surface area contributed by atoms with Gasteiger partial charge in [-0.25, -0.2) is 0 Å². The molecular weight excluding hydrogens is 749 g/mol. The van der Waals surface area contributed by atoms with Crippen molar-refractivity contribution in [1.29, 1.82) is 0 Å². The van der Waals surface area contributed by atoms with Gasteiger partial charge in [-0.1, -0.05) is 56.3 Å². The summed E-state index contributed by atoms with van der Waals surface area (Å²) in [5.74, 6) is -3.08. The van der Waals surface area contributed by atoms with Gasteiger partial charge in [-0.15, -0.1) is 0 Å². The van der Waals surface area contributed by atoms with Gasteiger partial charge in [0.2, 0.25) is 30.0 Å². The number of pyridine rings is 2. The molecule has 308 valence electrons. The Kier molecular flexibility index (Phi) is 20.8. The number of carboxylic acid groups (broad SMARTS) is 1. The van der Waals surface area contributed by atoms with Crippen molar-refractivity contribution in [2.45, 2.75) is 89.6 Å². The minimum absolute atomic E-state index is 0.0164. The summed E-state index contributed by atoms with van der Waals surface area (Å²) in [4.78, 5) is 88.3. The normalized spacial score (nSPS) is 13.1. The average Bonchev–Trinajstić information content (AvgIpc) is 3.19. The molecule has 0 unspecified atom stereocenters. The quantitative estimate of drug-likeness (QED) is 0.0487. The number of carbonyl (C=O) groups is 6. The van der Waals surface area contributed by atoms with Crippen LogP contribution >= 0.6 is 11.8 Å². The predicted molar refractivity (Wildman–Crippen MR) is 218 cm³/mol. The topological polar surface area (TPSA) is 212 Å². The lowest BCUT2D eigenvalue weighted by atomic mass is 10.00. The van der Waals surface area contributed by atoms with E-state index in [0.29, 0.717) is 51.1 Å². The van der Waals surface area contributed by atoms with Crippen LogP contribution < -0.4 is 26.6 Å². The van der Waals surface area contributed by atoms with Gasteiger partial charge in [-0.05, 0) is 86.4 Å². The monoisotopic (exact) mass is 804 g/mol. The van der Waals surface area contributed by atoms with Crippen LogP contribution in [0.4, 0.5) is 0 Å². The highest BCUT2D eigenvalue weighted by atomic mass is 32.2. The summed E-state index contributed by atoms with van der Waals surface area (Å²) in [6.07, 6.45) is 7.82. The number of thioether (sulfide) groups is 1. The van der Waals surface area contributed by atoms with E-state index >= 15 is 0 Å². The SMILES string of the molecule is CSCC[C@H](NC=O)C(=O)N[C@@H](CC(C)C)C(=O)N[C@@H](Cc1ccccc1)C(=O)N[C@@H](CCCCN(Cc1ccccn1)Cc1ccccn1)C(=O)NCC(=O)O. The molecule has 3 aromatic rings. The maximum Gasteiger partial charge on any atom is 0.322 e. The highest BCUT2D eigenvalue weighted by molar-refractivity contribution is 7.98. The molecule has 0 aliphatic rings. The fourth-order valence-electron chi connectivity index (χ4n) is 6.08. The molecule has 0 aliphatic carbocycles. The molecule has 2 aromatic heterocycles. The standard InChI is InChI=1S/C41H56N8O7S/c1-29(2)23-35(47-39(54)33(45-28-50)18-22-57-3)40(55)48-36(24-30-13-5-4-6-14-30)41(56)46-34(38(53)44-25-37(51)52)17-9-12-21-49(26-31-15-7-10-19-42-31)27-32-16-8-11-20-43-32/h4-8,10-11,13-16,19-20,28-29,33-36H,9,12,17-18,21-27H2,1-3H3,(H,44,53)(H,45,50)(H,46,56)(H,47,54)(H,48,55)(H,51,52)/t33-,34-,35-,36-/m0/s1. The van der Waals surface area contributed by atoms with Crippen LogP contribution in [0.2, 0.25) is 0 Å². The van der Waals surface area contributed by atoms with E-state index in [1.54, 1.807) is 36.7 Å². The number of aromatic nitrogens is 2. The van der Waals surface area contributed by atoms with Crippen LogP contribution in [0, 0.1) is 5.92 Å². The molecule has 0 saturated carbocycles. The van der Waals surface area contributed by atoms with E-state index in [-0.39, 0.29) is 25.2 Å². The second kappa shape index (κ2) is 25.7. The second-order valence-corrected chi connectivity index (χ2v) is 15.1. The predicted octanol–water partition coefficient (Wildman–Crippen LogP) is 2.46. The number of amides is 5. The zero-order valence-electron chi connectivity index (χ0n) is 32.9. The molecule has 0 fully saturated rings. The molecule has 6 N–H and O–H groups in total. The van der Waals surface area contributed by atoms with Crippen molar-refractivity contribution in [3.05, 3.63) is 96.1 Å². The van der Waals surface area contributed by atoms with Gasteiger partial charge in [0.25, 0.3) is 0 Å². The highest BCUT2D eigenvalue weighted by Crippen LogP contribution is 2.13. The summed E-state index contributed by atoms with van der Waals surface area (Å²) in [5.41, 5.74) is 2.52. The molecule has 0 saturated heterocycles. The number of benzene rings is 1. The Morgan fingerprint density at radius 3 is 1.88 bits per heavy atom. The van der Waals surface area contributed by atoms with E-state index in [9.17, 15) is 33.9 Å². The summed E-state index contributed by atoms with van der Waals surface area (Å²) in [6.45, 7) is 4.92. The Morgan fingerprint density at radius 1 is 0.737 bits per heavy atom. The minimum Gasteiger partial charge on any atom is -0.480 e. The molecule has 1 aromatic carbocycles. The molecule has 15 nitrogen and oxygen atoms in total. The molecule has 0 aliphatic heterocycles. The molecule has 57 heavy (non-hydrogen) atoms. The second-order valence-electron chi connectivity index (χ2n) is 14.1. The van der Waals surface area contributed by atoms with Crippen molar-refractivity contribution < 1.29 is 33.9 Å². The molecule has 4 atom stereocenters. The van der Waals surface area contributed by atoms with Crippen LogP contribution in [0.15, 0.2) is 79.1 Å². The number of rotatable bonds is 27. The van der Waals surface area contributed by atoms with Crippen LogP contribution in [0.25, 0.3) is 0 Å². The van der Waals surface area contributed by atoms with Crippen molar-refractivity contribution in [1.82, 2.24) is 41.5 Å². The van der Waals surface area contributed by atoms with E-state index in [2.05, 4.69) is 41.5 Å². The molecule has 2 heterocycles. The Bertz CT molecular complexity index is 1650. The summed E-state index contributed by atoms with van der Waals surface area (Å²) in [6, 6.07) is 16.4. The summed E-state index contributed by atoms with van der Waals surface area (Å²) in [7, 11) is 0. The van der Waals surface area contributed by atoms with E-state index in [0.717, 1.165) is 17.0 Å². The van der Waals surface area contributed by atoms with E-state index in [1.165, 1.54) is 11.8 Å². The van der Waals surface area contributed by atoms with E-state index in [1.807, 2.05) is 62.6 Å². The van der Waals surface area contributed by atoms with Gasteiger partial charge in [0.1, 0.15) is 30.7 Å². The van der Waals surface area contributed by atoms with Gasteiger partial charge in [0.15, 0.2) is 0 Å². The largest absolute Gasteiger partial charge is 0.480 e. The van der Waals surface area contributed by atoms with Crippen LogP contribution in [-0.2, 0) is 48.3 Å². The first-order valence-corrected chi connectivity index (χ1v) is 20.5. The van der Waals surface area contributed by atoms with Crippen molar-refractivity contribution in [2.75, 3.05) is 25.1 Å². The fraction of sp³-hybridized carbons (Fsp3) is 0.463. The Balaban J connectivity index is 1.78. The van der Waals surface area contributed by atoms with Gasteiger partial charge >= 0.3 is 5.97 Å². The maximum absolute atomic E-state index is 14.1. The maximum atomic E-state index is 14.1. The van der Waals surface area contributed by atoms with Crippen LogP contribution in [0.3, 0.4) is 0 Å². The Morgan fingerprint density at radius 2 is 1.32 bits per heavy atom. The van der Waals surface area contributed by atoms with Gasteiger partial charge in [0.05, 0.1) is 11.4 Å². The summed E-state index contributed by atoms with van der Waals surface area (Å²) in [5, 5.41) is 22.5. The van der Waals surface area contributed by atoms with Crippen LogP contribution in [0.1, 0.15) is 62.9 Å². The molecule has 0 bridgehead atoms. The van der Waals surface area contributed by atoms with E-state index < -0.39 is 60.3 Å². The third-order valence-corrected chi connectivity index (χ3v) is 9.58. The highest BCUT2D eigenvalue weighted by Gasteiger charge is 2.31. The first kappa shape index (κ1) is 46.0. The lowest BCUT2D eigenvalue weighted by Crippen LogP contribution is -2.58. The Labute approximate surface area is 339 Å². The third-order valence-electron chi connectivity index (χ3n) is 8.94. The number of aliphatic carboxylic acids is 1. The van der Waals surface area contributed by atoms with Crippen molar-refractivity contribution in [2.24, 2.45) is 5.92 Å². The zero-order valence-corrected chi connectivity index (χ0v) is 33.7. The lowest BCUT2D eigenvalue weighted by molar-refractivity contribution is -0.138. The van der Waals surface area contributed by atoms with Crippen molar-refractivity contribution >= 4 is 47.8 Å². The van der Waals surface area contributed by atoms with Gasteiger partial charge in [-0.2, -0.15) is 11.8 Å². The molecule has 0 radical (unpaired) electrons. The molecule has 16 heteroatoms. The smallest absolute Gasteiger partial charge is 0.322 e. The Hall–Kier alpha value is -5.35. The lowest BCUT2D eigenvalue weighted by Gasteiger charge is -2.27. The number of nitrogens with one attached hydrogen (secondary N) is 5. The fourth-order valence-corrected chi connectivity index (χ4v) is 6.55. The van der Waals surface area contributed by atoms with Gasteiger partial charge < -0.3 is 31.7 Å². The third kappa shape index (κ3) is 18.0. The summed E-state index contributed by atoms with van der Waals surface area (Å²) >= 11 is 1.52. The molecule has 3 rings (SSSR count). The number of unbranched alkanes of at least 4 members (excludes halogenated alkanes) is 1.